The van der Waals surface area contributed by atoms with Crippen LogP contribution in [0.25, 0.3) is 0 Å². The maximum atomic E-state index is 12.0. The maximum absolute atomic E-state index is 12.0. The van der Waals surface area contributed by atoms with Crippen LogP contribution in [-0.2, 0) is 17.8 Å². The Labute approximate surface area is 139 Å². The molecule has 1 amide bonds. The molecule has 23 heavy (non-hydrogen) atoms. The van der Waals surface area contributed by atoms with E-state index in [1.54, 1.807) is 0 Å². The summed E-state index contributed by atoms with van der Waals surface area (Å²) in [6, 6.07) is 0. The van der Waals surface area contributed by atoms with E-state index in [0.29, 0.717) is 30.6 Å². The van der Waals surface area contributed by atoms with Crippen LogP contribution in [0, 0.1) is 5.92 Å². The lowest BCUT2D eigenvalue weighted by Crippen LogP contribution is -2.32. The summed E-state index contributed by atoms with van der Waals surface area (Å²) in [5, 5.41) is 6.79. The van der Waals surface area contributed by atoms with Crippen molar-refractivity contribution in [3.8, 4) is 0 Å². The molecule has 1 aromatic heterocycles. The third-order valence-electron chi connectivity index (χ3n) is 4.14. The molecule has 0 saturated carbocycles. The molecule has 1 saturated heterocycles. The van der Waals surface area contributed by atoms with E-state index in [9.17, 15) is 4.79 Å². The molecule has 0 radical (unpaired) electrons. The Hall–Kier alpha value is -1.43. The van der Waals surface area contributed by atoms with Gasteiger partial charge in [0.25, 0.3) is 0 Å². The molecule has 6 heteroatoms. The number of rotatable bonds is 7. The fourth-order valence-corrected chi connectivity index (χ4v) is 2.86. The van der Waals surface area contributed by atoms with E-state index in [1.807, 2.05) is 0 Å². The Morgan fingerprint density at radius 2 is 1.91 bits per heavy atom. The second kappa shape index (κ2) is 9.65. The zero-order valence-corrected chi connectivity index (χ0v) is 14.5. The Balaban J connectivity index is 1.65. The number of amides is 1. The van der Waals surface area contributed by atoms with E-state index < -0.39 is 0 Å². The zero-order valence-electron chi connectivity index (χ0n) is 14.5. The van der Waals surface area contributed by atoms with Gasteiger partial charge in [0, 0.05) is 19.4 Å². The minimum Gasteiger partial charge on any atom is -0.349 e. The first-order valence-corrected chi connectivity index (χ1v) is 8.94. The lowest BCUT2D eigenvalue weighted by molar-refractivity contribution is -0.121. The Kier molecular flexibility index (Phi) is 7.52. The second-order valence-corrected chi connectivity index (χ2v) is 6.84. The molecule has 0 bridgehead atoms. The molecular formula is C17H30N4O2. The van der Waals surface area contributed by atoms with Crippen molar-refractivity contribution in [3.05, 3.63) is 11.7 Å². The molecule has 1 aliphatic rings. The largest absolute Gasteiger partial charge is 0.349 e. The van der Waals surface area contributed by atoms with Gasteiger partial charge in [0.2, 0.25) is 11.8 Å². The van der Waals surface area contributed by atoms with Crippen LogP contribution in [0.15, 0.2) is 4.52 Å². The van der Waals surface area contributed by atoms with Gasteiger partial charge in [0.15, 0.2) is 5.82 Å². The summed E-state index contributed by atoms with van der Waals surface area (Å²) in [6.45, 7) is 7.65. The Morgan fingerprint density at radius 1 is 1.22 bits per heavy atom. The van der Waals surface area contributed by atoms with Crippen molar-refractivity contribution in [2.24, 2.45) is 5.92 Å². The average Bonchev–Trinajstić information content (AvgIpc) is 2.90. The van der Waals surface area contributed by atoms with Crippen molar-refractivity contribution in [3.63, 3.8) is 0 Å². The van der Waals surface area contributed by atoms with Crippen molar-refractivity contribution in [2.75, 3.05) is 19.6 Å². The van der Waals surface area contributed by atoms with E-state index in [0.717, 1.165) is 26.1 Å². The van der Waals surface area contributed by atoms with Crippen LogP contribution in [0.4, 0.5) is 0 Å². The molecular weight excluding hydrogens is 292 g/mol. The van der Waals surface area contributed by atoms with Crippen LogP contribution in [-0.4, -0.2) is 40.6 Å². The normalized spacial score (nSPS) is 17.0. The summed E-state index contributed by atoms with van der Waals surface area (Å²) < 4.78 is 5.17. The van der Waals surface area contributed by atoms with Gasteiger partial charge in [-0.3, -0.25) is 4.79 Å². The predicted molar refractivity (Wildman–Crippen MR) is 88.8 cm³/mol. The minimum atomic E-state index is 0.0577. The van der Waals surface area contributed by atoms with Gasteiger partial charge >= 0.3 is 0 Å². The zero-order chi connectivity index (χ0) is 16.5. The van der Waals surface area contributed by atoms with Gasteiger partial charge < -0.3 is 14.7 Å². The molecule has 130 valence electrons. The molecule has 1 N–H and O–H groups in total. The first-order valence-electron chi connectivity index (χ1n) is 8.94. The molecule has 2 heterocycles. The number of hydrogen-bond donors (Lipinski definition) is 1. The average molecular weight is 322 g/mol. The van der Waals surface area contributed by atoms with Crippen LogP contribution >= 0.6 is 0 Å². The number of hydrogen-bond acceptors (Lipinski definition) is 5. The molecule has 1 aromatic rings. The van der Waals surface area contributed by atoms with E-state index in [2.05, 4.69) is 34.2 Å². The van der Waals surface area contributed by atoms with Crippen LogP contribution in [0.1, 0.15) is 64.1 Å². The fraction of sp³-hybridized carbons (Fsp3) is 0.824. The highest BCUT2D eigenvalue weighted by atomic mass is 16.5. The van der Waals surface area contributed by atoms with Crippen molar-refractivity contribution in [1.29, 1.82) is 0 Å². The number of aromatic nitrogens is 2. The molecule has 2 rings (SSSR count). The SMILES string of the molecule is CC(C)Cc1nc(CNC(=O)CCN2CCCCCCC2)no1. The van der Waals surface area contributed by atoms with Crippen molar-refractivity contribution >= 4 is 5.91 Å². The number of nitrogens with zero attached hydrogens (tertiary/aromatic N) is 3. The first kappa shape index (κ1) is 17.9. The monoisotopic (exact) mass is 322 g/mol. The van der Waals surface area contributed by atoms with E-state index in [1.165, 1.54) is 32.1 Å². The summed E-state index contributed by atoms with van der Waals surface area (Å²) in [6.07, 6.45) is 7.81. The molecule has 1 fully saturated rings. The lowest BCUT2D eigenvalue weighted by Gasteiger charge is -2.24. The third kappa shape index (κ3) is 7.12. The Morgan fingerprint density at radius 3 is 2.61 bits per heavy atom. The van der Waals surface area contributed by atoms with E-state index >= 15 is 0 Å². The predicted octanol–water partition coefficient (Wildman–Crippen LogP) is 2.54. The molecule has 0 atom stereocenters. The topological polar surface area (TPSA) is 71.3 Å². The van der Waals surface area contributed by atoms with Gasteiger partial charge in [-0.1, -0.05) is 38.3 Å². The highest BCUT2D eigenvalue weighted by Gasteiger charge is 2.12. The van der Waals surface area contributed by atoms with Gasteiger partial charge in [-0.05, 0) is 31.8 Å². The van der Waals surface area contributed by atoms with Crippen LogP contribution in [0.5, 0.6) is 0 Å². The Bertz CT molecular complexity index is 465. The number of nitrogens with one attached hydrogen (secondary N) is 1. The van der Waals surface area contributed by atoms with Crippen LogP contribution in [0.2, 0.25) is 0 Å². The van der Waals surface area contributed by atoms with Crippen LogP contribution in [0.3, 0.4) is 0 Å². The molecule has 0 unspecified atom stereocenters. The molecule has 0 aliphatic carbocycles. The highest BCUT2D eigenvalue weighted by molar-refractivity contribution is 5.75. The fourth-order valence-electron chi connectivity index (χ4n) is 2.86. The number of carbonyl (C=O) groups is 1. The van der Waals surface area contributed by atoms with E-state index in [4.69, 9.17) is 4.52 Å². The molecule has 0 spiro atoms. The third-order valence-corrected chi connectivity index (χ3v) is 4.14. The van der Waals surface area contributed by atoms with Crippen molar-refractivity contribution < 1.29 is 9.32 Å². The van der Waals surface area contributed by atoms with Crippen molar-refractivity contribution in [1.82, 2.24) is 20.4 Å². The van der Waals surface area contributed by atoms with E-state index in [-0.39, 0.29) is 5.91 Å². The quantitative estimate of drug-likeness (QED) is 0.835. The highest BCUT2D eigenvalue weighted by Crippen LogP contribution is 2.10. The number of carbonyl (C=O) groups excluding carboxylic acids is 1. The summed E-state index contributed by atoms with van der Waals surface area (Å²) in [5.74, 6) is 1.74. The molecule has 6 nitrogen and oxygen atoms in total. The van der Waals surface area contributed by atoms with Gasteiger partial charge in [-0.2, -0.15) is 4.98 Å². The molecule has 0 aromatic carbocycles. The summed E-state index contributed by atoms with van der Waals surface area (Å²) in [4.78, 5) is 18.7. The van der Waals surface area contributed by atoms with Gasteiger partial charge in [-0.25, -0.2) is 0 Å². The van der Waals surface area contributed by atoms with Gasteiger partial charge in [0.05, 0.1) is 6.54 Å². The molecule has 1 aliphatic heterocycles. The second-order valence-electron chi connectivity index (χ2n) is 6.84. The number of likely N-dealkylation sites (tertiary alicyclic amines) is 1. The maximum Gasteiger partial charge on any atom is 0.226 e. The van der Waals surface area contributed by atoms with Crippen LogP contribution < -0.4 is 5.32 Å². The van der Waals surface area contributed by atoms with Crippen molar-refractivity contribution in [2.45, 2.75) is 65.3 Å². The first-order chi connectivity index (χ1) is 11.1. The summed E-state index contributed by atoms with van der Waals surface area (Å²) in [7, 11) is 0. The smallest absolute Gasteiger partial charge is 0.226 e. The standard InChI is InChI=1S/C17H30N4O2/c1-14(2)12-17-19-15(20-23-17)13-18-16(22)8-11-21-9-6-4-3-5-7-10-21/h14H,3-13H2,1-2H3,(H,18,22). The summed E-state index contributed by atoms with van der Waals surface area (Å²) >= 11 is 0. The summed E-state index contributed by atoms with van der Waals surface area (Å²) in [5.41, 5.74) is 0. The van der Waals surface area contributed by atoms with Gasteiger partial charge in [-0.15, -0.1) is 0 Å². The minimum absolute atomic E-state index is 0.0577. The van der Waals surface area contributed by atoms with Gasteiger partial charge in [0.1, 0.15) is 0 Å². The lowest BCUT2D eigenvalue weighted by atomic mass is 10.1.